The molecular weight excluding hydrogens is 392 g/mol. The van der Waals surface area contributed by atoms with Gasteiger partial charge in [-0.15, -0.1) is 0 Å². The number of ketones is 1. The molecule has 6 nitrogen and oxygen atoms in total. The maximum absolute atomic E-state index is 11.4. The second kappa shape index (κ2) is 9.58. The summed E-state index contributed by atoms with van der Waals surface area (Å²) >= 11 is 0. The zero-order chi connectivity index (χ0) is 21.8. The standard InChI is InChI=1S/C25H32N2O4/c1-17(14-18(2)28)20-6-8-21(9-7-20)31-22-11-13-27(15-22)23-10-12-26-25(24(23)29-3)30-16-19-4-5-19/h6-10,12,17,19,22H,4-5,11,13-16H2,1-3H3/t17-,22-/m1/s1. The summed E-state index contributed by atoms with van der Waals surface area (Å²) in [6, 6.07) is 10.1. The number of methoxy groups -OCH3 is 1. The molecule has 2 fully saturated rings. The smallest absolute Gasteiger partial charge is 0.259 e. The number of anilines is 1. The summed E-state index contributed by atoms with van der Waals surface area (Å²) in [7, 11) is 1.67. The number of carbonyl (C=O) groups excluding carboxylic acids is 1. The van der Waals surface area contributed by atoms with Gasteiger partial charge in [0.1, 0.15) is 17.6 Å². The number of Topliss-reactive ketones (excluding diaryl/α,β-unsaturated/α-hetero) is 1. The first-order valence-corrected chi connectivity index (χ1v) is 11.2. The molecule has 2 aliphatic rings. The number of hydrogen-bond acceptors (Lipinski definition) is 6. The van der Waals surface area contributed by atoms with Gasteiger partial charge in [0.2, 0.25) is 5.75 Å². The second-order valence-electron chi connectivity index (χ2n) is 8.77. The molecule has 0 spiro atoms. The van der Waals surface area contributed by atoms with Crippen LogP contribution >= 0.6 is 0 Å². The highest BCUT2D eigenvalue weighted by molar-refractivity contribution is 5.76. The Balaban J connectivity index is 1.37. The van der Waals surface area contributed by atoms with Crippen molar-refractivity contribution in [2.24, 2.45) is 5.92 Å². The van der Waals surface area contributed by atoms with Gasteiger partial charge in [0.05, 0.1) is 25.9 Å². The number of ether oxygens (including phenoxy) is 3. The van der Waals surface area contributed by atoms with Crippen molar-refractivity contribution in [3.63, 3.8) is 0 Å². The van der Waals surface area contributed by atoms with Gasteiger partial charge in [0.25, 0.3) is 5.88 Å². The molecule has 1 saturated carbocycles. The van der Waals surface area contributed by atoms with Gasteiger partial charge < -0.3 is 23.9 Å². The minimum absolute atomic E-state index is 0.106. The van der Waals surface area contributed by atoms with Gasteiger partial charge in [-0.2, -0.15) is 0 Å². The van der Waals surface area contributed by atoms with Crippen molar-refractivity contribution in [3.8, 4) is 17.4 Å². The van der Waals surface area contributed by atoms with Crippen molar-refractivity contribution >= 4 is 11.5 Å². The van der Waals surface area contributed by atoms with E-state index in [0.717, 1.165) is 36.5 Å². The molecule has 4 rings (SSSR count). The summed E-state index contributed by atoms with van der Waals surface area (Å²) in [5.74, 6) is 3.24. The lowest BCUT2D eigenvalue weighted by Gasteiger charge is -2.22. The summed E-state index contributed by atoms with van der Waals surface area (Å²) in [6.07, 6.45) is 5.88. The topological polar surface area (TPSA) is 60.9 Å². The van der Waals surface area contributed by atoms with E-state index in [2.05, 4.69) is 28.9 Å². The first-order valence-electron chi connectivity index (χ1n) is 11.2. The molecule has 0 radical (unpaired) electrons. The minimum atomic E-state index is 0.106. The quantitative estimate of drug-likeness (QED) is 0.555. The normalized spacial score (nSPS) is 19.2. The summed E-state index contributed by atoms with van der Waals surface area (Å²) < 4.78 is 17.8. The summed E-state index contributed by atoms with van der Waals surface area (Å²) in [6.45, 7) is 6.10. The lowest BCUT2D eigenvalue weighted by molar-refractivity contribution is -0.117. The fourth-order valence-corrected chi connectivity index (χ4v) is 4.10. The van der Waals surface area contributed by atoms with Gasteiger partial charge in [-0.3, -0.25) is 0 Å². The van der Waals surface area contributed by atoms with Crippen molar-refractivity contribution < 1.29 is 19.0 Å². The van der Waals surface area contributed by atoms with Crippen LogP contribution in [0.15, 0.2) is 36.5 Å². The number of aromatic nitrogens is 1. The molecule has 1 aromatic carbocycles. The van der Waals surface area contributed by atoms with Crippen molar-refractivity contribution in [1.29, 1.82) is 0 Å². The van der Waals surface area contributed by atoms with Gasteiger partial charge in [-0.1, -0.05) is 19.1 Å². The van der Waals surface area contributed by atoms with Crippen LogP contribution in [-0.4, -0.2) is 43.7 Å². The van der Waals surface area contributed by atoms with Gasteiger partial charge in [-0.05, 0) is 55.4 Å². The van der Waals surface area contributed by atoms with Crippen LogP contribution in [0.4, 0.5) is 5.69 Å². The highest BCUT2D eigenvalue weighted by Gasteiger charge is 2.29. The monoisotopic (exact) mass is 424 g/mol. The number of rotatable bonds is 10. The predicted molar refractivity (Wildman–Crippen MR) is 120 cm³/mol. The average molecular weight is 425 g/mol. The van der Waals surface area contributed by atoms with Crippen LogP contribution < -0.4 is 19.1 Å². The third-order valence-corrected chi connectivity index (χ3v) is 6.04. The highest BCUT2D eigenvalue weighted by Crippen LogP contribution is 2.39. The fourth-order valence-electron chi connectivity index (χ4n) is 4.10. The Morgan fingerprint density at radius 1 is 1.19 bits per heavy atom. The third kappa shape index (κ3) is 5.49. The molecule has 31 heavy (non-hydrogen) atoms. The van der Waals surface area contributed by atoms with E-state index in [4.69, 9.17) is 14.2 Å². The molecule has 0 bridgehead atoms. The van der Waals surface area contributed by atoms with Crippen LogP contribution in [0.1, 0.15) is 51.0 Å². The second-order valence-corrected chi connectivity index (χ2v) is 8.77. The molecule has 6 heteroatoms. The molecule has 0 amide bonds. The Labute approximate surface area is 184 Å². The van der Waals surface area contributed by atoms with E-state index in [0.29, 0.717) is 30.6 Å². The first-order chi connectivity index (χ1) is 15.0. The Morgan fingerprint density at radius 2 is 1.97 bits per heavy atom. The first kappa shape index (κ1) is 21.5. The maximum atomic E-state index is 11.4. The fraction of sp³-hybridized carbons (Fsp3) is 0.520. The minimum Gasteiger partial charge on any atom is -0.490 e. The van der Waals surface area contributed by atoms with Crippen LogP contribution in [0.2, 0.25) is 0 Å². The lowest BCUT2D eigenvalue weighted by atomic mass is 9.96. The lowest BCUT2D eigenvalue weighted by Crippen LogP contribution is -2.25. The Kier molecular flexibility index (Phi) is 6.64. The molecule has 2 aromatic rings. The largest absolute Gasteiger partial charge is 0.490 e. The van der Waals surface area contributed by atoms with Crippen molar-refractivity contribution in [2.45, 2.75) is 51.6 Å². The Hall–Kier alpha value is -2.76. The van der Waals surface area contributed by atoms with Gasteiger partial charge >= 0.3 is 0 Å². The van der Waals surface area contributed by atoms with Crippen LogP contribution in [0, 0.1) is 5.92 Å². The van der Waals surface area contributed by atoms with E-state index in [9.17, 15) is 4.79 Å². The molecule has 166 valence electrons. The SMILES string of the molecule is COc1c(N2CC[C@@H](Oc3ccc([C@H](C)CC(C)=O)cc3)C2)ccnc1OCC1CC1. The summed E-state index contributed by atoms with van der Waals surface area (Å²) in [5.41, 5.74) is 2.17. The highest BCUT2D eigenvalue weighted by atomic mass is 16.5. The van der Waals surface area contributed by atoms with Crippen LogP contribution in [-0.2, 0) is 4.79 Å². The Morgan fingerprint density at radius 3 is 2.65 bits per heavy atom. The molecule has 2 heterocycles. The number of hydrogen-bond donors (Lipinski definition) is 0. The number of benzene rings is 1. The number of pyridine rings is 1. The molecular formula is C25H32N2O4. The zero-order valence-corrected chi connectivity index (χ0v) is 18.7. The van der Waals surface area contributed by atoms with Crippen molar-refractivity contribution in [3.05, 3.63) is 42.1 Å². The molecule has 0 unspecified atom stereocenters. The van der Waals surface area contributed by atoms with E-state index in [1.165, 1.54) is 12.8 Å². The van der Waals surface area contributed by atoms with Gasteiger partial charge in [-0.25, -0.2) is 4.98 Å². The van der Waals surface area contributed by atoms with Gasteiger partial charge in [0.15, 0.2) is 0 Å². The number of nitrogens with zero attached hydrogens (tertiary/aromatic N) is 2. The summed E-state index contributed by atoms with van der Waals surface area (Å²) in [5, 5.41) is 0. The van der Waals surface area contributed by atoms with Crippen LogP contribution in [0.3, 0.4) is 0 Å². The molecule has 1 saturated heterocycles. The average Bonchev–Trinajstić information content (AvgIpc) is 3.48. The van der Waals surface area contributed by atoms with E-state index >= 15 is 0 Å². The molecule has 1 aliphatic carbocycles. The van der Waals surface area contributed by atoms with E-state index in [-0.39, 0.29) is 17.8 Å². The van der Waals surface area contributed by atoms with Crippen molar-refractivity contribution in [2.75, 3.05) is 31.7 Å². The van der Waals surface area contributed by atoms with Crippen LogP contribution in [0.25, 0.3) is 0 Å². The molecule has 0 N–H and O–H groups in total. The predicted octanol–water partition coefficient (Wildman–Crippen LogP) is 4.62. The van der Waals surface area contributed by atoms with E-state index < -0.39 is 0 Å². The molecule has 2 atom stereocenters. The summed E-state index contributed by atoms with van der Waals surface area (Å²) in [4.78, 5) is 18.0. The van der Waals surface area contributed by atoms with Gasteiger partial charge in [0, 0.05) is 25.6 Å². The zero-order valence-electron chi connectivity index (χ0n) is 18.7. The molecule has 1 aromatic heterocycles. The number of carbonyl (C=O) groups is 1. The van der Waals surface area contributed by atoms with Crippen LogP contribution in [0.5, 0.6) is 17.4 Å². The maximum Gasteiger partial charge on any atom is 0.259 e. The van der Waals surface area contributed by atoms with Crippen molar-refractivity contribution in [1.82, 2.24) is 4.98 Å². The Bertz CT molecular complexity index is 895. The van der Waals surface area contributed by atoms with E-state index in [1.807, 2.05) is 18.2 Å². The third-order valence-electron chi connectivity index (χ3n) is 6.04. The van der Waals surface area contributed by atoms with E-state index in [1.54, 1.807) is 20.2 Å². The molecule has 1 aliphatic heterocycles.